The van der Waals surface area contributed by atoms with Crippen molar-refractivity contribution in [2.45, 2.75) is 13.5 Å². The third kappa shape index (κ3) is 3.17. The first kappa shape index (κ1) is 14.7. The lowest BCUT2D eigenvalue weighted by molar-refractivity contribution is 0.205. The maximum atomic E-state index is 5.23. The van der Waals surface area contributed by atoms with Gasteiger partial charge in [-0.25, -0.2) is 15.0 Å². The number of rotatable bonds is 4. The molecule has 0 aromatic carbocycles. The highest BCUT2D eigenvalue weighted by Crippen LogP contribution is 2.24. The Hall–Kier alpha value is -2.21. The number of hydrogen-bond acceptors (Lipinski definition) is 6. The Morgan fingerprint density at radius 1 is 1.18 bits per heavy atom. The first-order chi connectivity index (χ1) is 10.8. The van der Waals surface area contributed by atoms with Gasteiger partial charge in [-0.05, 0) is 19.1 Å². The van der Waals surface area contributed by atoms with Gasteiger partial charge in [0.25, 0.3) is 0 Å². The van der Waals surface area contributed by atoms with Crippen molar-refractivity contribution in [3.63, 3.8) is 0 Å². The number of hydrogen-bond donors (Lipinski definition) is 0. The van der Waals surface area contributed by atoms with Gasteiger partial charge < -0.3 is 14.5 Å². The van der Waals surface area contributed by atoms with E-state index >= 15 is 0 Å². The van der Waals surface area contributed by atoms with Crippen molar-refractivity contribution in [3.05, 3.63) is 41.9 Å². The Morgan fingerprint density at radius 3 is 2.77 bits per heavy atom. The zero-order chi connectivity index (χ0) is 15.4. The SMILES string of the molecule is COCCN1CCN(c2ncccn2)Cc2ccc(C)nc21. The van der Waals surface area contributed by atoms with E-state index < -0.39 is 0 Å². The average Bonchev–Trinajstić information content (AvgIpc) is 2.73. The van der Waals surface area contributed by atoms with E-state index in [1.165, 1.54) is 5.56 Å². The van der Waals surface area contributed by atoms with Crippen LogP contribution in [0.25, 0.3) is 0 Å². The predicted octanol–water partition coefficient (Wildman–Crippen LogP) is 1.65. The van der Waals surface area contributed by atoms with Crippen LogP contribution in [-0.4, -0.2) is 48.3 Å². The third-order valence-corrected chi connectivity index (χ3v) is 3.80. The largest absolute Gasteiger partial charge is 0.383 e. The maximum absolute atomic E-state index is 5.23. The number of pyridine rings is 1. The minimum atomic E-state index is 0.691. The molecule has 0 saturated heterocycles. The number of nitrogens with zero attached hydrogens (tertiary/aromatic N) is 5. The molecule has 2 aromatic rings. The van der Waals surface area contributed by atoms with Gasteiger partial charge in [-0.15, -0.1) is 0 Å². The van der Waals surface area contributed by atoms with Crippen molar-refractivity contribution < 1.29 is 4.74 Å². The highest BCUT2D eigenvalue weighted by molar-refractivity contribution is 5.52. The van der Waals surface area contributed by atoms with Crippen molar-refractivity contribution in [1.29, 1.82) is 0 Å². The Kier molecular flexibility index (Phi) is 4.48. The lowest BCUT2D eigenvalue weighted by atomic mass is 10.2. The highest BCUT2D eigenvalue weighted by Gasteiger charge is 2.22. The summed E-state index contributed by atoms with van der Waals surface area (Å²) in [5, 5.41) is 0. The molecule has 1 aliphatic heterocycles. The van der Waals surface area contributed by atoms with E-state index in [-0.39, 0.29) is 0 Å². The first-order valence-corrected chi connectivity index (χ1v) is 7.50. The monoisotopic (exact) mass is 299 g/mol. The summed E-state index contributed by atoms with van der Waals surface area (Å²) in [5.74, 6) is 1.82. The van der Waals surface area contributed by atoms with E-state index in [0.717, 1.165) is 43.6 Å². The summed E-state index contributed by atoms with van der Waals surface area (Å²) in [6.45, 7) is 6.07. The number of aromatic nitrogens is 3. The number of anilines is 2. The second-order valence-electron chi connectivity index (χ2n) is 5.39. The molecule has 0 fully saturated rings. The molecular formula is C16H21N5O. The van der Waals surface area contributed by atoms with Gasteiger partial charge in [-0.3, -0.25) is 0 Å². The molecule has 3 rings (SSSR count). The molecule has 0 saturated carbocycles. The summed E-state index contributed by atoms with van der Waals surface area (Å²) < 4.78 is 5.23. The standard InChI is InChI=1S/C16H21N5O/c1-13-4-5-14-12-21(16-17-6-3-7-18-16)9-8-20(10-11-22-2)15(14)19-13/h3-7H,8-12H2,1-2H3. The van der Waals surface area contributed by atoms with E-state index in [1.807, 2.05) is 13.0 Å². The number of aryl methyl sites for hydroxylation is 1. The summed E-state index contributed by atoms with van der Waals surface area (Å²) in [6, 6.07) is 6.05. The van der Waals surface area contributed by atoms with Gasteiger partial charge in [0.15, 0.2) is 0 Å². The molecule has 0 aliphatic carbocycles. The molecule has 1 aliphatic rings. The van der Waals surface area contributed by atoms with E-state index in [0.29, 0.717) is 6.61 Å². The Balaban J connectivity index is 1.90. The highest BCUT2D eigenvalue weighted by atomic mass is 16.5. The van der Waals surface area contributed by atoms with Crippen molar-refractivity contribution in [3.8, 4) is 0 Å². The molecule has 3 heterocycles. The lowest BCUT2D eigenvalue weighted by Gasteiger charge is -2.23. The molecule has 0 atom stereocenters. The minimum absolute atomic E-state index is 0.691. The van der Waals surface area contributed by atoms with Gasteiger partial charge in [0, 0.05) is 56.9 Å². The Labute approximate surface area is 130 Å². The van der Waals surface area contributed by atoms with Crippen molar-refractivity contribution in [1.82, 2.24) is 15.0 Å². The van der Waals surface area contributed by atoms with Gasteiger partial charge in [0.05, 0.1) is 6.61 Å². The Morgan fingerprint density at radius 2 is 2.00 bits per heavy atom. The molecule has 2 aromatic heterocycles. The van der Waals surface area contributed by atoms with Gasteiger partial charge in [0.1, 0.15) is 5.82 Å². The summed E-state index contributed by atoms with van der Waals surface area (Å²) in [7, 11) is 1.73. The van der Waals surface area contributed by atoms with E-state index in [1.54, 1.807) is 19.5 Å². The number of methoxy groups -OCH3 is 1. The molecule has 6 nitrogen and oxygen atoms in total. The van der Waals surface area contributed by atoms with Crippen LogP contribution in [0.5, 0.6) is 0 Å². The normalized spacial score (nSPS) is 14.6. The molecule has 0 bridgehead atoms. The second-order valence-corrected chi connectivity index (χ2v) is 5.39. The van der Waals surface area contributed by atoms with Gasteiger partial charge >= 0.3 is 0 Å². The van der Waals surface area contributed by atoms with E-state index in [9.17, 15) is 0 Å². The van der Waals surface area contributed by atoms with Crippen LogP contribution in [0.15, 0.2) is 30.6 Å². The molecule has 0 spiro atoms. The van der Waals surface area contributed by atoms with Crippen LogP contribution in [0.4, 0.5) is 11.8 Å². The van der Waals surface area contributed by atoms with Crippen molar-refractivity contribution in [2.24, 2.45) is 0 Å². The van der Waals surface area contributed by atoms with Gasteiger partial charge in [0.2, 0.25) is 5.95 Å². The maximum Gasteiger partial charge on any atom is 0.225 e. The number of fused-ring (bicyclic) bond motifs is 1. The average molecular weight is 299 g/mol. The molecule has 0 N–H and O–H groups in total. The fourth-order valence-electron chi connectivity index (χ4n) is 2.65. The topological polar surface area (TPSA) is 54.4 Å². The van der Waals surface area contributed by atoms with Crippen LogP contribution in [0.1, 0.15) is 11.3 Å². The van der Waals surface area contributed by atoms with E-state index in [2.05, 4.69) is 31.9 Å². The van der Waals surface area contributed by atoms with Crippen LogP contribution in [0.2, 0.25) is 0 Å². The second kappa shape index (κ2) is 6.70. The van der Waals surface area contributed by atoms with Crippen LogP contribution in [-0.2, 0) is 11.3 Å². The molecule has 0 amide bonds. The summed E-state index contributed by atoms with van der Waals surface area (Å²) in [4.78, 5) is 18.0. The molecule has 0 unspecified atom stereocenters. The van der Waals surface area contributed by atoms with Crippen molar-refractivity contribution in [2.75, 3.05) is 43.2 Å². The molecule has 116 valence electrons. The minimum Gasteiger partial charge on any atom is -0.383 e. The van der Waals surface area contributed by atoms with Crippen LogP contribution in [0.3, 0.4) is 0 Å². The lowest BCUT2D eigenvalue weighted by Crippen LogP contribution is -2.34. The molecule has 6 heteroatoms. The zero-order valence-electron chi connectivity index (χ0n) is 13.1. The smallest absolute Gasteiger partial charge is 0.225 e. The molecular weight excluding hydrogens is 278 g/mol. The van der Waals surface area contributed by atoms with Crippen LogP contribution < -0.4 is 9.80 Å². The van der Waals surface area contributed by atoms with Gasteiger partial charge in [-0.2, -0.15) is 0 Å². The summed E-state index contributed by atoms with van der Waals surface area (Å²) in [5.41, 5.74) is 2.23. The van der Waals surface area contributed by atoms with Crippen LogP contribution >= 0.6 is 0 Å². The fraction of sp³-hybridized carbons (Fsp3) is 0.438. The predicted molar refractivity (Wildman–Crippen MR) is 86.1 cm³/mol. The summed E-state index contributed by atoms with van der Waals surface area (Å²) in [6.07, 6.45) is 3.56. The third-order valence-electron chi connectivity index (χ3n) is 3.80. The fourth-order valence-corrected chi connectivity index (χ4v) is 2.65. The van der Waals surface area contributed by atoms with E-state index in [4.69, 9.17) is 9.72 Å². The Bertz CT molecular complexity index is 619. The first-order valence-electron chi connectivity index (χ1n) is 7.50. The zero-order valence-corrected chi connectivity index (χ0v) is 13.1. The van der Waals surface area contributed by atoms with Crippen molar-refractivity contribution >= 4 is 11.8 Å². The number of ether oxygens (including phenoxy) is 1. The molecule has 22 heavy (non-hydrogen) atoms. The summed E-state index contributed by atoms with van der Waals surface area (Å²) >= 11 is 0. The quantitative estimate of drug-likeness (QED) is 0.856. The van der Waals surface area contributed by atoms with Crippen LogP contribution in [0, 0.1) is 6.92 Å². The van der Waals surface area contributed by atoms with Gasteiger partial charge in [-0.1, -0.05) is 6.07 Å². The molecule has 0 radical (unpaired) electrons.